The van der Waals surface area contributed by atoms with Gasteiger partial charge in [-0.1, -0.05) is 56.5 Å². The van der Waals surface area contributed by atoms with Gasteiger partial charge >= 0.3 is 0 Å². The summed E-state index contributed by atoms with van der Waals surface area (Å²) in [7, 11) is 5.09. The Morgan fingerprint density at radius 3 is 1.64 bits per heavy atom. The van der Waals surface area contributed by atoms with E-state index in [1.165, 1.54) is 50.6 Å². The van der Waals surface area contributed by atoms with Crippen molar-refractivity contribution in [3.8, 4) is 23.3 Å². The first-order valence-electron chi connectivity index (χ1n) is 21.4. The van der Waals surface area contributed by atoms with Crippen molar-refractivity contribution in [2.75, 3.05) is 18.6 Å². The maximum atomic E-state index is 10.7. The van der Waals surface area contributed by atoms with E-state index in [0.717, 1.165) is 42.2 Å². The fraction of sp³-hybridized carbons (Fsp3) is 0.304. The second-order valence-corrected chi connectivity index (χ2v) is 16.2. The third-order valence-corrected chi connectivity index (χ3v) is 10.9. The summed E-state index contributed by atoms with van der Waals surface area (Å²) in [6.07, 6.45) is 4.80. The number of fused-ring (bicyclic) bond motifs is 1. The van der Waals surface area contributed by atoms with Crippen molar-refractivity contribution in [1.29, 1.82) is 0 Å². The Kier molecular flexibility index (Phi) is 18.8. The zero-order valence-corrected chi connectivity index (χ0v) is 40.9. The molecule has 1 aliphatic rings. The molecule has 69 heavy (non-hydrogen) atoms. The normalized spacial score (nSPS) is 12.7. The van der Waals surface area contributed by atoms with Crippen LogP contribution in [0.1, 0.15) is 64.4 Å². The van der Waals surface area contributed by atoms with E-state index in [1.807, 2.05) is 56.4 Å². The van der Waals surface area contributed by atoms with Crippen molar-refractivity contribution < 1.29 is 51.6 Å². The number of benzene rings is 4. The van der Waals surface area contributed by atoms with E-state index in [4.69, 9.17) is 11.6 Å². The van der Waals surface area contributed by atoms with Crippen LogP contribution in [-0.2, 0) is 49.1 Å². The summed E-state index contributed by atoms with van der Waals surface area (Å²) in [5.41, 5.74) is 5.77. The van der Waals surface area contributed by atoms with Crippen LogP contribution in [-0.4, -0.2) is 79.9 Å². The number of anilines is 1. The quantitative estimate of drug-likeness (QED) is 0.0262. The molecule has 0 amide bonds. The predicted octanol–water partition coefficient (Wildman–Crippen LogP) is 11.1. The van der Waals surface area contributed by atoms with E-state index < -0.39 is 9.85 Å². The van der Waals surface area contributed by atoms with Gasteiger partial charge < -0.3 is 20.4 Å². The minimum Gasteiger partial charge on any atom is -0.506 e. The zero-order valence-electron chi connectivity index (χ0n) is 39.1. The van der Waals surface area contributed by atoms with Gasteiger partial charge in [0.05, 0.1) is 32.3 Å². The van der Waals surface area contributed by atoms with Gasteiger partial charge in [-0.3, -0.25) is 25.2 Å². The average molecular weight is 1010 g/mol. The molecule has 23 heteroatoms. The van der Waals surface area contributed by atoms with Crippen LogP contribution >= 0.6 is 11.6 Å². The van der Waals surface area contributed by atoms with Gasteiger partial charge in [0.15, 0.2) is 11.4 Å². The largest absolute Gasteiger partial charge is 0.506 e. The van der Waals surface area contributed by atoms with Gasteiger partial charge in [0, 0.05) is 78.8 Å². The van der Waals surface area contributed by atoms with Crippen LogP contribution in [0.3, 0.4) is 0 Å². The molecule has 0 bridgehead atoms. The van der Waals surface area contributed by atoms with Crippen molar-refractivity contribution in [2.45, 2.75) is 65.7 Å². The van der Waals surface area contributed by atoms with Crippen LogP contribution in [0.5, 0.6) is 23.3 Å². The Balaban J connectivity index is 0.000000224. The van der Waals surface area contributed by atoms with E-state index in [9.17, 15) is 40.7 Å². The second-order valence-electron chi connectivity index (χ2n) is 15.8. The summed E-state index contributed by atoms with van der Waals surface area (Å²) in [6.45, 7) is 11.5. The molecule has 6 aromatic rings. The maximum Gasteiger partial charge on any atom is 0.271 e. The smallest absolute Gasteiger partial charge is 0.271 e. The van der Waals surface area contributed by atoms with Crippen molar-refractivity contribution in [3.63, 3.8) is 0 Å². The number of aryl methyl sites for hydroxylation is 4. The van der Waals surface area contributed by atoms with Gasteiger partial charge in [-0.15, -0.1) is 20.5 Å². The third kappa shape index (κ3) is 12.9. The molecule has 21 nitrogen and oxygen atoms in total. The van der Waals surface area contributed by atoms with Gasteiger partial charge in [-0.25, -0.2) is 9.36 Å². The number of halogens is 1. The Morgan fingerprint density at radius 2 is 1.20 bits per heavy atom. The van der Waals surface area contributed by atoms with Crippen LogP contribution in [0.25, 0.3) is 0 Å². The van der Waals surface area contributed by atoms with Gasteiger partial charge in [-0.05, 0) is 70.0 Å². The number of para-hydroxylation sites is 1. The molecule has 0 atom stereocenters. The number of phenolic OH excluding ortho intramolecular Hbond substituents is 2. The molecule has 2 aromatic heterocycles. The summed E-state index contributed by atoms with van der Waals surface area (Å²) in [6, 6.07) is 23.2. The van der Waals surface area contributed by atoms with Crippen LogP contribution in [0.15, 0.2) is 110 Å². The Bertz CT molecular complexity index is 2790. The van der Waals surface area contributed by atoms with Crippen molar-refractivity contribution >= 4 is 69.0 Å². The van der Waals surface area contributed by atoms with E-state index >= 15 is 0 Å². The molecule has 7 rings (SSSR count). The number of rotatable bonds is 14. The number of hydrogen-bond acceptors (Lipinski definition) is 16. The molecule has 0 aliphatic carbocycles. The van der Waals surface area contributed by atoms with E-state index in [0.29, 0.717) is 24.2 Å². The first-order valence-corrected chi connectivity index (χ1v) is 21.8. The van der Waals surface area contributed by atoms with Crippen LogP contribution in [0, 0.1) is 20.2 Å². The number of nitro benzene ring substituents is 2. The standard InChI is InChI=1S/C20H23ClN3.2C13H15N5O4.Co/c1-5-24-18-9-7-6-8-17(18)20(2,3)19(24)14-22-23(4)16-12-10-15(21)11-13-16;2*1-3-4-9-12(13(20)17(2)16-9)15-14-10-7-8(18(21)22)5-6-11(10)19;/h6-14H,5H2,1-4H3;2*5-7,19-20H,3-4H2,1-2H3;/q+1;;;. The number of phenols is 2. The second kappa shape index (κ2) is 23.9. The number of nitrogens with zero attached hydrogens (tertiary/aromatic N) is 13. The average Bonchev–Trinajstić information content (AvgIpc) is 3.83. The fourth-order valence-corrected chi connectivity index (χ4v) is 7.16. The Labute approximate surface area is 413 Å². The topological polar surface area (TPSA) is 271 Å². The molecular weight excluding hydrogens is 957 g/mol. The number of hydrazone groups is 1. The summed E-state index contributed by atoms with van der Waals surface area (Å²) in [5, 5.41) is 91.5. The third-order valence-electron chi connectivity index (χ3n) is 10.6. The van der Waals surface area contributed by atoms with Gasteiger partial charge in [-0.2, -0.15) is 19.9 Å². The van der Waals surface area contributed by atoms with Gasteiger partial charge in [0.2, 0.25) is 23.2 Å². The number of nitro groups is 2. The molecule has 4 aromatic carbocycles. The van der Waals surface area contributed by atoms with E-state index in [1.54, 1.807) is 14.1 Å². The molecular formula is C46H53ClCoN13O8+. The number of non-ortho nitro benzene ring substituents is 2. The molecule has 1 radical (unpaired) electrons. The number of azo groups is 2. The predicted molar refractivity (Wildman–Crippen MR) is 259 cm³/mol. The van der Waals surface area contributed by atoms with E-state index in [-0.39, 0.29) is 79.6 Å². The SMILES string of the molecule is CCCc1nn(C)c(O)c1N=Nc1cc([N+](=O)[O-])ccc1O.CCCc1nn(C)c(O)c1N=Nc1cc([N+](=O)[O-])ccc1O.CC[N+]1=C(/C=N/N(C)c2ccc(Cl)cc2)C(C)(C)c2ccccc21.[Co]. The van der Waals surface area contributed by atoms with Crippen molar-refractivity contribution in [1.82, 2.24) is 19.6 Å². The molecule has 365 valence electrons. The molecule has 1 aliphatic heterocycles. The molecule has 0 spiro atoms. The maximum absolute atomic E-state index is 10.7. The van der Waals surface area contributed by atoms with Crippen molar-refractivity contribution in [3.05, 3.63) is 127 Å². The van der Waals surface area contributed by atoms with Gasteiger partial charge in [0.25, 0.3) is 11.4 Å². The molecule has 0 saturated heterocycles. The summed E-state index contributed by atoms with van der Waals surface area (Å²) >= 11 is 5.96. The molecule has 3 heterocycles. The fourth-order valence-electron chi connectivity index (χ4n) is 7.03. The Hall–Kier alpha value is -7.56. The first kappa shape index (κ1) is 54.0. The van der Waals surface area contributed by atoms with Gasteiger partial charge in [0.1, 0.15) is 35.6 Å². The number of aromatic hydroxyl groups is 4. The molecule has 0 fully saturated rings. The molecule has 0 saturated carbocycles. The summed E-state index contributed by atoms with van der Waals surface area (Å²) in [5.74, 6) is -0.793. The van der Waals surface area contributed by atoms with Crippen LogP contribution in [0.4, 0.5) is 45.5 Å². The Morgan fingerprint density at radius 1 is 0.739 bits per heavy atom. The summed E-state index contributed by atoms with van der Waals surface area (Å²) in [4.78, 5) is 20.3. The first-order chi connectivity index (χ1) is 32.3. The van der Waals surface area contributed by atoms with E-state index in [2.05, 4.69) is 85.4 Å². The van der Waals surface area contributed by atoms with Crippen LogP contribution in [0.2, 0.25) is 5.02 Å². The van der Waals surface area contributed by atoms with Crippen molar-refractivity contribution in [2.24, 2.45) is 39.7 Å². The monoisotopic (exact) mass is 1010 g/mol. The molecule has 4 N–H and O–H groups in total. The summed E-state index contributed by atoms with van der Waals surface area (Å²) < 4.78 is 4.88. The molecule has 0 unspecified atom stereocenters. The zero-order chi connectivity index (χ0) is 49.9. The number of hydrogen-bond donors (Lipinski definition) is 4. The minimum absolute atomic E-state index is 0. The number of aromatic nitrogens is 4. The van der Waals surface area contributed by atoms with Crippen LogP contribution < -0.4 is 5.01 Å². The minimum atomic E-state index is -0.595.